The summed E-state index contributed by atoms with van der Waals surface area (Å²) < 4.78 is 11.0. The first-order chi connectivity index (χ1) is 12.6. The molecule has 0 fully saturated rings. The van der Waals surface area contributed by atoms with Gasteiger partial charge >= 0.3 is 0 Å². The van der Waals surface area contributed by atoms with Gasteiger partial charge in [0.05, 0.1) is 19.7 Å². The minimum atomic E-state index is -0.656. The number of pyridine rings is 1. The van der Waals surface area contributed by atoms with Crippen molar-refractivity contribution in [1.29, 1.82) is 0 Å². The van der Waals surface area contributed by atoms with Crippen molar-refractivity contribution in [1.82, 2.24) is 4.98 Å². The zero-order valence-corrected chi connectivity index (χ0v) is 15.2. The molecule has 2 aromatic carbocycles. The summed E-state index contributed by atoms with van der Waals surface area (Å²) >= 11 is 0. The van der Waals surface area contributed by atoms with Gasteiger partial charge in [0.15, 0.2) is 0 Å². The molecule has 3 aromatic rings. The van der Waals surface area contributed by atoms with Crippen molar-refractivity contribution < 1.29 is 14.6 Å². The highest BCUT2D eigenvalue weighted by Gasteiger charge is 2.30. The topological polar surface area (TPSA) is 54.8 Å². The van der Waals surface area contributed by atoms with Crippen LogP contribution in [0.15, 0.2) is 42.5 Å². The number of hydrogen-bond acceptors (Lipinski definition) is 5. The molecule has 0 saturated heterocycles. The number of hydrogen-bond donors (Lipinski definition) is 1. The smallest absolute Gasteiger partial charge is 0.125 e. The Kier molecular flexibility index (Phi) is 4.17. The zero-order valence-electron chi connectivity index (χ0n) is 15.2. The van der Waals surface area contributed by atoms with Crippen LogP contribution in [0, 0.1) is 6.92 Å². The first kappa shape index (κ1) is 16.7. The van der Waals surface area contributed by atoms with E-state index < -0.39 is 6.10 Å². The van der Waals surface area contributed by atoms with Gasteiger partial charge in [-0.25, -0.2) is 0 Å². The summed E-state index contributed by atoms with van der Waals surface area (Å²) in [5, 5.41) is 12.0. The monoisotopic (exact) mass is 350 g/mol. The molecule has 134 valence electrons. The van der Waals surface area contributed by atoms with Crippen LogP contribution in [0.2, 0.25) is 0 Å². The highest BCUT2D eigenvalue weighted by molar-refractivity contribution is 5.92. The fourth-order valence-electron chi connectivity index (χ4n) is 3.81. The van der Waals surface area contributed by atoms with E-state index in [4.69, 9.17) is 9.47 Å². The largest absolute Gasteiger partial charge is 0.496 e. The highest BCUT2D eigenvalue weighted by Crippen LogP contribution is 2.41. The second-order valence-corrected chi connectivity index (χ2v) is 6.56. The molecule has 0 amide bonds. The Labute approximate surface area is 152 Å². The van der Waals surface area contributed by atoms with E-state index in [1.54, 1.807) is 14.2 Å². The minimum absolute atomic E-state index is 0.490. The van der Waals surface area contributed by atoms with E-state index in [1.165, 1.54) is 0 Å². The van der Waals surface area contributed by atoms with Crippen molar-refractivity contribution in [2.75, 3.05) is 25.7 Å². The molecule has 2 heterocycles. The number of β-amino-alcohol motifs (C(OH)–C–C–N with tert-alkyl or cyclic N) is 1. The molecule has 0 radical (unpaired) electrons. The lowest BCUT2D eigenvalue weighted by molar-refractivity contribution is 0.170. The Hall–Kier alpha value is -2.79. The number of anilines is 1. The van der Waals surface area contributed by atoms with Crippen LogP contribution in [0.3, 0.4) is 0 Å². The number of para-hydroxylation sites is 1. The van der Waals surface area contributed by atoms with E-state index >= 15 is 0 Å². The number of rotatable bonds is 3. The maximum absolute atomic E-state index is 10.9. The SMILES string of the molecule is COc1ccc(OC)c2c1CN(c1cc(C)nc3ccccc13)CC2O. The third-order valence-corrected chi connectivity index (χ3v) is 4.95. The predicted molar refractivity (Wildman–Crippen MR) is 102 cm³/mol. The van der Waals surface area contributed by atoms with Gasteiger partial charge in [-0.2, -0.15) is 0 Å². The van der Waals surface area contributed by atoms with Crippen LogP contribution >= 0.6 is 0 Å². The summed E-state index contributed by atoms with van der Waals surface area (Å²) in [5.74, 6) is 1.46. The van der Waals surface area contributed by atoms with Crippen LogP contribution in [-0.4, -0.2) is 30.9 Å². The van der Waals surface area contributed by atoms with Crippen molar-refractivity contribution in [2.45, 2.75) is 19.6 Å². The first-order valence-corrected chi connectivity index (χ1v) is 8.65. The Morgan fingerprint density at radius 3 is 2.58 bits per heavy atom. The average Bonchev–Trinajstić information content (AvgIpc) is 2.66. The quantitative estimate of drug-likeness (QED) is 0.782. The molecular formula is C21H22N2O3. The number of ether oxygens (including phenoxy) is 2. The third kappa shape index (κ3) is 2.65. The van der Waals surface area contributed by atoms with Crippen LogP contribution in [-0.2, 0) is 6.54 Å². The van der Waals surface area contributed by atoms with Crippen LogP contribution in [0.4, 0.5) is 5.69 Å². The molecule has 1 atom stereocenters. The van der Waals surface area contributed by atoms with Crippen molar-refractivity contribution in [3.63, 3.8) is 0 Å². The number of nitrogens with zero attached hydrogens (tertiary/aromatic N) is 2. The number of aliphatic hydroxyl groups excluding tert-OH is 1. The lowest BCUT2D eigenvalue weighted by atomic mass is 9.94. The van der Waals surface area contributed by atoms with Gasteiger partial charge in [-0.05, 0) is 31.2 Å². The number of fused-ring (bicyclic) bond motifs is 2. The molecule has 1 unspecified atom stereocenters. The van der Waals surface area contributed by atoms with Crippen molar-refractivity contribution in [3.8, 4) is 11.5 Å². The zero-order chi connectivity index (χ0) is 18.3. The molecule has 26 heavy (non-hydrogen) atoms. The van der Waals surface area contributed by atoms with Crippen LogP contribution in [0.25, 0.3) is 10.9 Å². The maximum Gasteiger partial charge on any atom is 0.125 e. The van der Waals surface area contributed by atoms with Gasteiger partial charge in [-0.3, -0.25) is 4.98 Å². The maximum atomic E-state index is 10.9. The van der Waals surface area contributed by atoms with Crippen LogP contribution < -0.4 is 14.4 Å². The lowest BCUT2D eigenvalue weighted by Crippen LogP contribution is -2.34. The average molecular weight is 350 g/mol. The minimum Gasteiger partial charge on any atom is -0.496 e. The van der Waals surface area contributed by atoms with Gasteiger partial charge in [-0.1, -0.05) is 18.2 Å². The van der Waals surface area contributed by atoms with E-state index in [-0.39, 0.29) is 0 Å². The Morgan fingerprint density at radius 2 is 1.81 bits per heavy atom. The highest BCUT2D eigenvalue weighted by atomic mass is 16.5. The second-order valence-electron chi connectivity index (χ2n) is 6.56. The van der Waals surface area contributed by atoms with Gasteiger partial charge < -0.3 is 19.5 Å². The van der Waals surface area contributed by atoms with E-state index in [9.17, 15) is 5.11 Å². The molecule has 5 heteroatoms. The number of methoxy groups -OCH3 is 2. The van der Waals surface area contributed by atoms with E-state index in [2.05, 4.69) is 22.0 Å². The van der Waals surface area contributed by atoms with Crippen LogP contribution in [0.1, 0.15) is 22.9 Å². The van der Waals surface area contributed by atoms with E-state index in [0.29, 0.717) is 18.8 Å². The summed E-state index contributed by atoms with van der Waals surface area (Å²) in [6.45, 7) is 3.12. The van der Waals surface area contributed by atoms with Gasteiger partial charge in [0.1, 0.15) is 17.6 Å². The van der Waals surface area contributed by atoms with Gasteiger partial charge in [0, 0.05) is 41.0 Å². The second kappa shape index (κ2) is 6.50. The molecule has 1 aromatic heterocycles. The van der Waals surface area contributed by atoms with Crippen molar-refractivity contribution >= 4 is 16.6 Å². The fourth-order valence-corrected chi connectivity index (χ4v) is 3.81. The van der Waals surface area contributed by atoms with Crippen molar-refractivity contribution in [2.24, 2.45) is 0 Å². The van der Waals surface area contributed by atoms with Crippen LogP contribution in [0.5, 0.6) is 11.5 Å². The number of aromatic nitrogens is 1. The third-order valence-electron chi connectivity index (χ3n) is 4.95. The number of aryl methyl sites for hydroxylation is 1. The van der Waals surface area contributed by atoms with Gasteiger partial charge in [0.2, 0.25) is 0 Å². The van der Waals surface area contributed by atoms with E-state index in [1.807, 2.05) is 37.3 Å². The molecule has 4 rings (SSSR count). The summed E-state index contributed by atoms with van der Waals surface area (Å²) in [7, 11) is 3.28. The molecule has 1 aliphatic heterocycles. The molecule has 5 nitrogen and oxygen atoms in total. The predicted octanol–water partition coefficient (Wildman–Crippen LogP) is 3.61. The molecule has 0 bridgehead atoms. The summed E-state index contributed by atoms with van der Waals surface area (Å²) in [6.07, 6.45) is -0.656. The molecule has 0 saturated carbocycles. The summed E-state index contributed by atoms with van der Waals surface area (Å²) in [4.78, 5) is 6.81. The number of aliphatic hydroxyl groups is 1. The summed E-state index contributed by atoms with van der Waals surface area (Å²) in [6, 6.07) is 13.9. The molecule has 1 N–H and O–H groups in total. The standard InChI is InChI=1S/C21H22N2O3/c1-13-10-17(14-6-4-5-7-16(14)22-13)23-11-15-19(25-2)8-9-20(26-3)21(15)18(24)12-23/h4-10,18,24H,11-12H2,1-3H3. The molecule has 0 spiro atoms. The fraction of sp³-hybridized carbons (Fsp3) is 0.286. The van der Waals surface area contributed by atoms with E-state index in [0.717, 1.165) is 39.2 Å². The number of benzene rings is 2. The van der Waals surface area contributed by atoms with Crippen molar-refractivity contribution in [3.05, 3.63) is 59.3 Å². The Bertz CT molecular complexity index is 971. The lowest BCUT2D eigenvalue weighted by Gasteiger charge is -2.36. The summed E-state index contributed by atoms with van der Waals surface area (Å²) in [5.41, 5.74) is 4.77. The Balaban J connectivity index is 1.86. The molecule has 0 aliphatic carbocycles. The van der Waals surface area contributed by atoms with Gasteiger partial charge in [0.25, 0.3) is 0 Å². The van der Waals surface area contributed by atoms with Gasteiger partial charge in [-0.15, -0.1) is 0 Å². The first-order valence-electron chi connectivity index (χ1n) is 8.65. The Morgan fingerprint density at radius 1 is 1.08 bits per heavy atom. The normalized spacial score (nSPS) is 16.5. The molecule has 1 aliphatic rings. The molecular weight excluding hydrogens is 328 g/mol.